The van der Waals surface area contributed by atoms with Crippen molar-refractivity contribution in [1.82, 2.24) is 5.32 Å². The van der Waals surface area contributed by atoms with Gasteiger partial charge in [0.25, 0.3) is 0 Å². The molecule has 1 N–H and O–H groups in total. The largest absolute Gasteiger partial charge is 0.741 e. The van der Waals surface area contributed by atoms with Crippen LogP contribution in [0.3, 0.4) is 0 Å². The maximum atomic E-state index is 10.7. The highest BCUT2D eigenvalue weighted by Gasteiger charge is 2.36. The number of halogens is 3. The smallest absolute Gasteiger partial charge is 0.485 e. The van der Waals surface area contributed by atoms with Crippen LogP contribution in [0, 0.1) is 5.39 Å². The van der Waals surface area contributed by atoms with E-state index in [9.17, 15) is 13.2 Å². The van der Waals surface area contributed by atoms with Crippen LogP contribution in [0.2, 0.25) is 0 Å². The SMILES string of the molecule is C1COCCN1.COc1ccc(OC)c([N+]#N)c1.O=S(=O)([O-])C(F)(F)F. The zero-order valence-corrected chi connectivity index (χ0v) is 14.8. The van der Waals surface area contributed by atoms with Gasteiger partial charge < -0.3 is 24.1 Å². The maximum Gasteiger partial charge on any atom is 0.485 e. The van der Waals surface area contributed by atoms with E-state index in [4.69, 9.17) is 32.6 Å². The predicted molar refractivity (Wildman–Crippen MR) is 83.7 cm³/mol. The van der Waals surface area contributed by atoms with Crippen LogP contribution >= 0.6 is 0 Å². The molecule has 1 aromatic rings. The van der Waals surface area contributed by atoms with Crippen molar-refractivity contribution in [2.24, 2.45) is 0 Å². The molecule has 9 nitrogen and oxygen atoms in total. The standard InChI is InChI=1S/C8H9N2O2.C4H9NO.CHF3O3S/c1-11-6-3-4-8(12-2)7(5-6)10-9;1-3-6-4-2-5-1;2-1(3,4)8(5,6)7/h3-5H,1-2H3;5H,1-4H2;(H,5,6,7)/q+1;;/p-1. The van der Waals surface area contributed by atoms with Gasteiger partial charge in [-0.2, -0.15) is 13.2 Å². The Kier molecular flexibility index (Phi) is 10.5. The molecule has 26 heavy (non-hydrogen) atoms. The molecule has 1 aliphatic rings. The quantitative estimate of drug-likeness (QED) is 0.452. The lowest BCUT2D eigenvalue weighted by Crippen LogP contribution is -2.30. The van der Waals surface area contributed by atoms with Crippen molar-refractivity contribution in [3.05, 3.63) is 23.2 Å². The monoisotopic (exact) mass is 401 g/mol. The van der Waals surface area contributed by atoms with E-state index in [2.05, 4.69) is 10.3 Å². The highest BCUT2D eigenvalue weighted by molar-refractivity contribution is 7.86. The Balaban J connectivity index is 0.000000387. The summed E-state index contributed by atoms with van der Waals surface area (Å²) in [5.74, 6) is 1.14. The number of nitrogens with one attached hydrogen (secondary N) is 1. The Morgan fingerprint density at radius 3 is 2.04 bits per heavy atom. The van der Waals surface area contributed by atoms with E-state index in [0.717, 1.165) is 26.3 Å². The molecular weight excluding hydrogens is 383 g/mol. The minimum absolute atomic E-state index is 0.358. The third-order valence-corrected chi connectivity index (χ3v) is 3.19. The van der Waals surface area contributed by atoms with Crippen LogP contribution in [0.15, 0.2) is 18.2 Å². The number of methoxy groups -OCH3 is 2. The van der Waals surface area contributed by atoms with Crippen molar-refractivity contribution in [3.8, 4) is 11.5 Å². The van der Waals surface area contributed by atoms with Gasteiger partial charge in [0, 0.05) is 13.1 Å². The molecule has 1 saturated heterocycles. The predicted octanol–water partition coefficient (Wildman–Crippen LogP) is 1.85. The Hall–Kier alpha value is -2.14. The Morgan fingerprint density at radius 2 is 1.77 bits per heavy atom. The molecule has 0 amide bonds. The van der Waals surface area contributed by atoms with Crippen LogP contribution in [0.4, 0.5) is 18.9 Å². The molecule has 0 aliphatic carbocycles. The summed E-state index contributed by atoms with van der Waals surface area (Å²) in [6, 6.07) is 4.99. The zero-order valence-electron chi connectivity index (χ0n) is 13.9. The second-order valence-corrected chi connectivity index (χ2v) is 5.77. The van der Waals surface area contributed by atoms with Crippen LogP contribution in [-0.4, -0.2) is 59.0 Å². The van der Waals surface area contributed by atoms with E-state index >= 15 is 0 Å². The minimum atomic E-state index is -6.09. The van der Waals surface area contributed by atoms with Gasteiger partial charge >= 0.3 is 11.2 Å². The van der Waals surface area contributed by atoms with E-state index in [1.165, 1.54) is 7.11 Å². The molecule has 1 fully saturated rings. The molecule has 1 heterocycles. The first kappa shape index (κ1) is 23.9. The first-order valence-electron chi connectivity index (χ1n) is 6.94. The number of hydrogen-bond acceptors (Lipinski definition) is 8. The lowest BCUT2D eigenvalue weighted by molar-refractivity contribution is -0.0517. The van der Waals surface area contributed by atoms with E-state index in [-0.39, 0.29) is 0 Å². The third-order valence-electron chi connectivity index (χ3n) is 2.62. The summed E-state index contributed by atoms with van der Waals surface area (Å²) in [5.41, 5.74) is -5.29. The minimum Gasteiger partial charge on any atom is -0.741 e. The Labute approximate surface area is 148 Å². The van der Waals surface area contributed by atoms with Crippen molar-refractivity contribution < 1.29 is 40.4 Å². The summed E-state index contributed by atoms with van der Waals surface area (Å²) >= 11 is 0. The molecule has 1 aliphatic heterocycles. The normalized spacial score (nSPS) is 13.9. The van der Waals surface area contributed by atoms with Crippen molar-refractivity contribution in [3.63, 3.8) is 0 Å². The van der Waals surface area contributed by atoms with Crippen LogP contribution in [0.5, 0.6) is 11.5 Å². The molecule has 2 rings (SSSR count). The highest BCUT2D eigenvalue weighted by Crippen LogP contribution is 2.31. The third kappa shape index (κ3) is 9.37. The number of nitrogens with zero attached hydrogens (tertiary/aromatic N) is 2. The molecular formula is C13H18F3N3O6S. The second-order valence-electron chi connectivity index (χ2n) is 4.40. The van der Waals surface area contributed by atoms with Gasteiger partial charge in [0.05, 0.1) is 33.5 Å². The van der Waals surface area contributed by atoms with Crippen molar-refractivity contribution >= 4 is 15.8 Å². The lowest BCUT2D eigenvalue weighted by Gasteiger charge is -2.10. The average molecular weight is 401 g/mol. The highest BCUT2D eigenvalue weighted by atomic mass is 32.2. The van der Waals surface area contributed by atoms with Gasteiger partial charge in [0.2, 0.25) is 11.1 Å². The fraction of sp³-hybridized carbons (Fsp3) is 0.538. The number of benzene rings is 1. The molecule has 0 spiro atoms. The molecule has 0 saturated carbocycles. The van der Waals surface area contributed by atoms with E-state index in [1.54, 1.807) is 25.3 Å². The van der Waals surface area contributed by atoms with E-state index < -0.39 is 15.6 Å². The van der Waals surface area contributed by atoms with Gasteiger partial charge in [-0.05, 0) is 12.1 Å². The van der Waals surface area contributed by atoms with E-state index in [0.29, 0.717) is 17.2 Å². The molecule has 0 bridgehead atoms. The molecule has 0 radical (unpaired) electrons. The van der Waals surface area contributed by atoms with Crippen LogP contribution in [0.25, 0.3) is 4.98 Å². The second kappa shape index (κ2) is 11.5. The van der Waals surface area contributed by atoms with Gasteiger partial charge in [-0.3, -0.25) is 0 Å². The van der Waals surface area contributed by atoms with Gasteiger partial charge in [-0.15, -0.1) is 0 Å². The molecule has 1 aromatic carbocycles. The summed E-state index contributed by atoms with van der Waals surface area (Å²) in [6.45, 7) is 3.83. The van der Waals surface area contributed by atoms with Gasteiger partial charge in [0.15, 0.2) is 15.1 Å². The first-order valence-corrected chi connectivity index (χ1v) is 8.35. The zero-order chi connectivity index (χ0) is 20.2. The van der Waals surface area contributed by atoms with Crippen molar-refractivity contribution in [2.45, 2.75) is 5.51 Å². The summed E-state index contributed by atoms with van der Waals surface area (Å²) in [7, 11) is -3.04. The summed E-state index contributed by atoms with van der Waals surface area (Å²) in [6.07, 6.45) is 0. The number of hydrogen-bond donors (Lipinski definition) is 1. The molecule has 148 valence electrons. The lowest BCUT2D eigenvalue weighted by atomic mass is 10.3. The van der Waals surface area contributed by atoms with Crippen LogP contribution in [0.1, 0.15) is 0 Å². The fourth-order valence-electron chi connectivity index (χ4n) is 1.39. The summed E-state index contributed by atoms with van der Waals surface area (Å²) < 4.78 is 73.8. The first-order chi connectivity index (χ1) is 12.1. The topological polar surface area (TPSA) is 125 Å². The van der Waals surface area contributed by atoms with Crippen LogP contribution < -0.4 is 14.8 Å². The van der Waals surface area contributed by atoms with Gasteiger partial charge in [-0.1, -0.05) is 0 Å². The van der Waals surface area contributed by atoms with Crippen molar-refractivity contribution in [2.75, 3.05) is 40.5 Å². The van der Waals surface area contributed by atoms with E-state index in [1.807, 2.05) is 0 Å². The summed E-state index contributed by atoms with van der Waals surface area (Å²) in [5, 5.41) is 11.7. The Morgan fingerprint density at radius 1 is 1.23 bits per heavy atom. The Bertz CT molecular complexity index is 676. The number of morpholine rings is 1. The van der Waals surface area contributed by atoms with Gasteiger partial charge in [0.1, 0.15) is 5.75 Å². The van der Waals surface area contributed by atoms with Gasteiger partial charge in [-0.25, -0.2) is 8.42 Å². The number of ether oxygens (including phenoxy) is 3. The summed E-state index contributed by atoms with van der Waals surface area (Å²) in [4.78, 5) is 3.04. The fourth-order valence-corrected chi connectivity index (χ4v) is 1.39. The molecule has 0 atom stereocenters. The maximum absolute atomic E-state index is 10.7. The molecule has 13 heteroatoms. The van der Waals surface area contributed by atoms with Crippen LogP contribution in [-0.2, 0) is 14.9 Å². The number of alkyl halides is 3. The average Bonchev–Trinajstić information content (AvgIpc) is 2.62. The van der Waals surface area contributed by atoms with Crippen molar-refractivity contribution in [1.29, 1.82) is 5.39 Å². The number of diazo groups is 1. The number of rotatable bonds is 2. The molecule has 0 aromatic heterocycles. The molecule has 0 unspecified atom stereocenters.